The number of anilines is 4. The van der Waals surface area contributed by atoms with E-state index in [-0.39, 0.29) is 61.7 Å². The predicted molar refractivity (Wildman–Crippen MR) is 328 cm³/mol. The van der Waals surface area contributed by atoms with Gasteiger partial charge >= 0.3 is 0 Å². The summed E-state index contributed by atoms with van der Waals surface area (Å²) in [5, 5.41) is 25.0. The van der Waals surface area contributed by atoms with Crippen LogP contribution in [0.3, 0.4) is 0 Å². The van der Waals surface area contributed by atoms with Gasteiger partial charge in [0.25, 0.3) is 11.8 Å². The molecule has 0 bridgehead atoms. The van der Waals surface area contributed by atoms with Gasteiger partial charge in [0, 0.05) is 83.4 Å². The number of fused-ring (bicyclic) bond motifs is 2. The van der Waals surface area contributed by atoms with Crippen LogP contribution in [0.5, 0.6) is 0 Å². The van der Waals surface area contributed by atoms with Gasteiger partial charge in [0.2, 0.25) is 23.0 Å². The monoisotopic (exact) mass is 1190 g/mol. The molecule has 1 saturated heterocycles. The zero-order chi connectivity index (χ0) is 56.4. The molecule has 3 fully saturated rings. The number of nitrogen functional groups attached to an aromatic ring is 1. The van der Waals surface area contributed by atoms with Crippen LogP contribution in [0.15, 0.2) is 147 Å². The molecule has 2 aliphatic carbocycles. The van der Waals surface area contributed by atoms with E-state index >= 15 is 0 Å². The number of benzene rings is 2. The van der Waals surface area contributed by atoms with Crippen molar-refractivity contribution < 1.29 is 23.9 Å². The van der Waals surface area contributed by atoms with Crippen LogP contribution in [0.2, 0.25) is 10.0 Å². The standard InChI is InChI=1S/C27H26ClN7O2.C24H24ClN7O.C4H8O.C3H3ClO.CH4.ClH/c1-2-24(36)31-18-11-9-17(10-12-18)26(37)32-19-6-5-7-20(14-19)33-27-29-16-22(28)25(34-27)21-15-30-35-13-4-3-8-23(21)35;25-20-14-27-24(31-22(20)19-13-28-32-11-2-1-6-21(19)32)30-18-5-3-4-17(12-18)29-23(33)15-7-9-16(26)10-8-15;1-2-4-5-3-1;1-2-3(4)5;;/h2-4,8-13,15-16,19-20H,1,5-7,14H2,(H,31,36)(H,32,37)(H,29,33,34);1-2,6-11,13-14,17-18H,3-5,12,26H2,(H,29,33)(H,27,30,31);1-4H2;2H,1H2;1H4;1H/t19-,20+;17-,18+;;;;/m00..../s1. The normalized spacial score (nSPS) is 17.0. The Kier molecular flexibility index (Phi) is 24.2. The third kappa shape index (κ3) is 17.8. The van der Waals surface area contributed by atoms with Crippen molar-refractivity contribution in [2.24, 2.45) is 0 Å². The maximum Gasteiger partial charge on any atom is 0.251 e. The smallest absolute Gasteiger partial charge is 0.251 e. The van der Waals surface area contributed by atoms with Crippen molar-refractivity contribution in [1.29, 1.82) is 0 Å². The largest absolute Gasteiger partial charge is 0.399 e. The van der Waals surface area contributed by atoms with E-state index in [4.69, 9.17) is 55.2 Å². The molecule has 4 atom stereocenters. The lowest BCUT2D eigenvalue weighted by molar-refractivity contribution is -0.112. The Labute approximate surface area is 497 Å². The Morgan fingerprint density at radius 3 is 1.46 bits per heavy atom. The average Bonchev–Trinajstić information content (AvgIpc) is 4.36. The van der Waals surface area contributed by atoms with Gasteiger partial charge in [-0.05, 0) is 161 Å². The second-order valence-electron chi connectivity index (χ2n) is 19.0. The molecule has 0 spiro atoms. The van der Waals surface area contributed by atoms with Crippen LogP contribution in [-0.4, -0.2) is 99.5 Å². The number of amides is 3. The molecule has 3 amide bonds. The predicted octanol–water partition coefficient (Wildman–Crippen LogP) is 11.7. The number of carbonyl (C=O) groups excluding carboxylic acids is 4. The first-order valence-electron chi connectivity index (χ1n) is 26.2. The van der Waals surface area contributed by atoms with Crippen LogP contribution in [0.4, 0.5) is 23.3 Å². The minimum absolute atomic E-state index is 0. The summed E-state index contributed by atoms with van der Waals surface area (Å²) in [4.78, 5) is 64.5. The Balaban J connectivity index is 0.000000222. The molecule has 3 aliphatic rings. The third-order valence-corrected chi connectivity index (χ3v) is 14.0. The molecule has 7 N–H and O–H groups in total. The highest BCUT2D eigenvalue weighted by Crippen LogP contribution is 2.32. The second kappa shape index (κ2) is 31.3. The van der Waals surface area contributed by atoms with Crippen LogP contribution in [0.25, 0.3) is 33.5 Å². The highest BCUT2D eigenvalue weighted by Gasteiger charge is 2.27. The van der Waals surface area contributed by atoms with Gasteiger partial charge in [-0.3, -0.25) is 19.2 Å². The van der Waals surface area contributed by atoms with Crippen LogP contribution in [-0.2, 0) is 14.3 Å². The molecule has 0 unspecified atom stereocenters. The van der Waals surface area contributed by atoms with E-state index in [1.807, 2.05) is 48.8 Å². The minimum atomic E-state index is -0.509. The average molecular weight is 1190 g/mol. The lowest BCUT2D eigenvalue weighted by Crippen LogP contribution is -2.42. The van der Waals surface area contributed by atoms with Crippen molar-refractivity contribution in [1.82, 2.24) is 49.8 Å². The zero-order valence-electron chi connectivity index (χ0n) is 44.1. The van der Waals surface area contributed by atoms with Gasteiger partial charge in [0.15, 0.2) is 0 Å². The molecule has 6 aromatic heterocycles. The third-order valence-electron chi connectivity index (χ3n) is 13.3. The van der Waals surface area contributed by atoms with Crippen molar-refractivity contribution >= 4 is 104 Å². The molecule has 2 aromatic carbocycles. The number of allylic oxidation sites excluding steroid dienone is 1. The van der Waals surface area contributed by atoms with E-state index in [0.29, 0.717) is 55.8 Å². The van der Waals surface area contributed by atoms with E-state index in [0.717, 1.165) is 92.8 Å². The van der Waals surface area contributed by atoms with Gasteiger partial charge in [-0.2, -0.15) is 10.2 Å². The number of pyridine rings is 2. The summed E-state index contributed by atoms with van der Waals surface area (Å²) >= 11 is 17.6. The first kappa shape index (κ1) is 63.2. The number of carbonyl (C=O) groups is 4. The van der Waals surface area contributed by atoms with Gasteiger partial charge in [0.05, 0.1) is 57.3 Å². The van der Waals surface area contributed by atoms with Crippen LogP contribution >= 0.6 is 47.2 Å². The zero-order valence-corrected chi connectivity index (χ0v) is 47.2. The number of nitrogens with one attached hydrogen (secondary N) is 5. The fraction of sp³-hybridized carbons (Fsp3) is 0.288. The lowest BCUT2D eigenvalue weighted by atomic mass is 9.91. The van der Waals surface area contributed by atoms with Gasteiger partial charge in [-0.1, -0.05) is 55.9 Å². The summed E-state index contributed by atoms with van der Waals surface area (Å²) in [7, 11) is 0. The van der Waals surface area contributed by atoms with E-state index in [2.05, 4.69) is 59.9 Å². The minimum Gasteiger partial charge on any atom is -0.399 e. The molecular formula is C59H66Cl4N14O5. The summed E-state index contributed by atoms with van der Waals surface area (Å²) in [5.74, 6) is 0.474. The van der Waals surface area contributed by atoms with E-state index in [1.165, 1.54) is 18.9 Å². The van der Waals surface area contributed by atoms with E-state index in [9.17, 15) is 19.2 Å². The van der Waals surface area contributed by atoms with Crippen LogP contribution < -0.4 is 32.3 Å². The molecule has 11 rings (SSSR count). The van der Waals surface area contributed by atoms with E-state index < -0.39 is 5.24 Å². The number of nitrogens with zero attached hydrogens (tertiary/aromatic N) is 8. The Hall–Kier alpha value is -7.94. The van der Waals surface area contributed by atoms with Gasteiger partial charge in [0.1, 0.15) is 0 Å². The number of aromatic nitrogens is 8. The number of hydrogen-bond donors (Lipinski definition) is 6. The van der Waals surface area contributed by atoms with Crippen LogP contribution in [0.1, 0.15) is 92.4 Å². The summed E-state index contributed by atoms with van der Waals surface area (Å²) < 4.78 is 8.51. The molecule has 430 valence electrons. The van der Waals surface area contributed by atoms with Crippen molar-refractivity contribution in [2.75, 3.05) is 34.9 Å². The molecule has 23 heteroatoms. The highest BCUT2D eigenvalue weighted by atomic mass is 35.5. The summed E-state index contributed by atoms with van der Waals surface area (Å²) in [5.41, 5.74) is 12.9. The molecule has 1 aliphatic heterocycles. The maximum atomic E-state index is 12.8. The SMILES string of the molecule is C.C1CCOC1.C=CC(=O)Cl.C=CC(=O)Nc1ccc(C(=O)N[C@H]2CCC[C@@H](Nc3ncc(Cl)c(-c4cnn5ccccc45)n3)C2)cc1.Cl.Nc1ccc(C(=O)N[C@H]2CCC[C@@H](Nc3ncc(Cl)c(-c4cnn5ccccc45)n3)C2)cc1. The Morgan fingerprint density at radius 2 is 1.05 bits per heavy atom. The van der Waals surface area contributed by atoms with Crippen LogP contribution in [0, 0.1) is 0 Å². The highest BCUT2D eigenvalue weighted by molar-refractivity contribution is 6.66. The number of rotatable bonds is 13. The van der Waals surface area contributed by atoms with Crippen molar-refractivity contribution in [3.05, 3.63) is 169 Å². The van der Waals surface area contributed by atoms with Crippen molar-refractivity contribution in [3.63, 3.8) is 0 Å². The van der Waals surface area contributed by atoms with Crippen molar-refractivity contribution in [3.8, 4) is 22.5 Å². The maximum absolute atomic E-state index is 12.8. The molecule has 7 heterocycles. The Bertz CT molecular complexity index is 3420. The topological polar surface area (TPSA) is 250 Å². The fourth-order valence-electron chi connectivity index (χ4n) is 9.33. The number of halogens is 4. The quantitative estimate of drug-likeness (QED) is 0.0357. The first-order chi connectivity index (χ1) is 38.8. The summed E-state index contributed by atoms with van der Waals surface area (Å²) in [6.07, 6.45) is 22.5. The lowest BCUT2D eigenvalue weighted by Gasteiger charge is -2.30. The molecular weight excluding hydrogens is 1130 g/mol. The number of hydrogen-bond acceptors (Lipinski definition) is 14. The Morgan fingerprint density at radius 1 is 0.610 bits per heavy atom. The summed E-state index contributed by atoms with van der Waals surface area (Å²) in [6, 6.07) is 25.7. The summed E-state index contributed by atoms with van der Waals surface area (Å²) in [6.45, 7) is 8.51. The molecule has 2 saturated carbocycles. The molecule has 8 aromatic rings. The van der Waals surface area contributed by atoms with E-state index in [1.54, 1.807) is 82.3 Å². The number of nitrogens with two attached hydrogens (primary N) is 1. The molecule has 19 nitrogen and oxygen atoms in total. The molecule has 0 radical (unpaired) electrons. The number of ether oxygens (including phenoxy) is 1. The fourth-order valence-corrected chi connectivity index (χ4v) is 9.72. The van der Waals surface area contributed by atoms with Gasteiger partial charge < -0.3 is 37.1 Å². The first-order valence-corrected chi connectivity index (χ1v) is 27.3. The molecule has 82 heavy (non-hydrogen) atoms. The van der Waals surface area contributed by atoms with Gasteiger partial charge in [-0.15, -0.1) is 12.4 Å². The van der Waals surface area contributed by atoms with Gasteiger partial charge in [-0.25, -0.2) is 29.0 Å². The second-order valence-corrected chi connectivity index (χ2v) is 20.2. The van der Waals surface area contributed by atoms with Crippen molar-refractivity contribution in [2.45, 2.75) is 95.8 Å².